The van der Waals surface area contributed by atoms with Gasteiger partial charge in [0.25, 0.3) is 0 Å². The topological polar surface area (TPSA) is 80.3 Å². The van der Waals surface area contributed by atoms with E-state index in [4.69, 9.17) is 5.26 Å². The lowest BCUT2D eigenvalue weighted by atomic mass is 10.1. The number of rotatable bonds is 5. The molecule has 120 valence electrons. The molecule has 0 fully saturated rings. The van der Waals surface area contributed by atoms with Crippen LogP contribution in [0.5, 0.6) is 0 Å². The van der Waals surface area contributed by atoms with Gasteiger partial charge in [0.1, 0.15) is 11.1 Å². The molecule has 0 bridgehead atoms. The van der Waals surface area contributed by atoms with Crippen LogP contribution in [0.4, 0.5) is 0 Å². The van der Waals surface area contributed by atoms with Crippen molar-refractivity contribution in [3.05, 3.63) is 47.7 Å². The molecule has 0 spiro atoms. The summed E-state index contributed by atoms with van der Waals surface area (Å²) < 4.78 is 2.10. The summed E-state index contributed by atoms with van der Waals surface area (Å²) in [7, 11) is 0. The van der Waals surface area contributed by atoms with Crippen LogP contribution in [0.3, 0.4) is 0 Å². The first kappa shape index (κ1) is 16.1. The molecular weight excluding hydrogens is 320 g/mol. The van der Waals surface area contributed by atoms with Crippen molar-refractivity contribution in [1.82, 2.24) is 25.0 Å². The number of aryl methyl sites for hydroxylation is 1. The predicted octanol–water partition coefficient (Wildman–Crippen LogP) is 3.48. The maximum absolute atomic E-state index is 8.80. The largest absolute Gasteiger partial charge is 0.302 e. The van der Waals surface area contributed by atoms with Gasteiger partial charge in [0.15, 0.2) is 16.7 Å². The third-order valence-corrected chi connectivity index (χ3v) is 4.30. The Hall–Kier alpha value is -2.72. The highest BCUT2D eigenvalue weighted by Gasteiger charge is 2.15. The summed E-state index contributed by atoms with van der Waals surface area (Å²) in [6.45, 7) is 5.00. The van der Waals surface area contributed by atoms with Crippen molar-refractivity contribution in [1.29, 1.82) is 5.26 Å². The third kappa shape index (κ3) is 3.44. The predicted molar refractivity (Wildman–Crippen MR) is 91.4 cm³/mol. The molecule has 0 unspecified atom stereocenters. The van der Waals surface area contributed by atoms with E-state index >= 15 is 0 Å². The number of hydrogen-bond acceptors (Lipinski definition) is 6. The van der Waals surface area contributed by atoms with E-state index in [1.165, 1.54) is 17.3 Å². The average Bonchev–Trinajstić information content (AvgIpc) is 2.99. The molecule has 1 aromatic carbocycles. The molecule has 0 saturated carbocycles. The smallest absolute Gasteiger partial charge is 0.197 e. The Balaban J connectivity index is 1.95. The van der Waals surface area contributed by atoms with E-state index in [0.29, 0.717) is 10.7 Å². The molecule has 0 N–H and O–H groups in total. The van der Waals surface area contributed by atoms with Gasteiger partial charge in [-0.25, -0.2) is 0 Å². The highest BCUT2D eigenvalue weighted by Crippen LogP contribution is 2.28. The molecule has 2 heterocycles. The molecule has 0 aliphatic rings. The maximum atomic E-state index is 8.80. The zero-order chi connectivity index (χ0) is 16.9. The Bertz CT molecular complexity index is 879. The highest BCUT2D eigenvalue weighted by atomic mass is 32.2. The lowest BCUT2D eigenvalue weighted by Crippen LogP contribution is -2.02. The summed E-state index contributed by atoms with van der Waals surface area (Å²) in [5, 5.41) is 26.9. The van der Waals surface area contributed by atoms with Gasteiger partial charge in [-0.2, -0.15) is 5.26 Å². The Labute approximate surface area is 144 Å². The van der Waals surface area contributed by atoms with E-state index in [1.54, 1.807) is 12.1 Å². The van der Waals surface area contributed by atoms with Crippen molar-refractivity contribution in [2.45, 2.75) is 37.0 Å². The molecule has 2 aromatic heterocycles. The van der Waals surface area contributed by atoms with Crippen molar-refractivity contribution < 1.29 is 0 Å². The number of hydrogen-bond donors (Lipinski definition) is 0. The van der Waals surface area contributed by atoms with Gasteiger partial charge in [0.05, 0.1) is 0 Å². The standard InChI is InChI=1S/C17H16N6S/c1-3-9-23-16(13-6-4-5-12(2)10-13)21-22-17(23)24-15-8-7-14(11-18)19-20-15/h4-8,10H,3,9H2,1-2H3. The summed E-state index contributed by atoms with van der Waals surface area (Å²) in [4.78, 5) is 0. The normalized spacial score (nSPS) is 10.5. The van der Waals surface area contributed by atoms with Gasteiger partial charge in [-0.1, -0.05) is 30.7 Å². The fourth-order valence-electron chi connectivity index (χ4n) is 2.31. The average molecular weight is 336 g/mol. The second-order valence-corrected chi connectivity index (χ2v) is 6.29. The molecule has 24 heavy (non-hydrogen) atoms. The van der Waals surface area contributed by atoms with E-state index in [9.17, 15) is 0 Å². The summed E-state index contributed by atoms with van der Waals surface area (Å²) in [6.07, 6.45) is 0.976. The van der Waals surface area contributed by atoms with E-state index < -0.39 is 0 Å². The van der Waals surface area contributed by atoms with E-state index in [2.05, 4.69) is 50.9 Å². The van der Waals surface area contributed by atoms with Crippen LogP contribution in [0.2, 0.25) is 0 Å². The van der Waals surface area contributed by atoms with Crippen molar-refractivity contribution >= 4 is 11.8 Å². The molecule has 6 nitrogen and oxygen atoms in total. The van der Waals surface area contributed by atoms with Gasteiger partial charge in [-0.3, -0.25) is 0 Å². The molecule has 0 radical (unpaired) electrons. The molecule has 0 saturated heterocycles. The minimum absolute atomic E-state index is 0.301. The summed E-state index contributed by atoms with van der Waals surface area (Å²) in [5.74, 6) is 0.852. The van der Waals surface area contributed by atoms with Crippen molar-refractivity contribution in [2.24, 2.45) is 0 Å². The van der Waals surface area contributed by atoms with Crippen molar-refractivity contribution in [3.8, 4) is 17.5 Å². The zero-order valence-electron chi connectivity index (χ0n) is 13.5. The monoisotopic (exact) mass is 336 g/mol. The van der Waals surface area contributed by atoms with E-state index in [0.717, 1.165) is 29.5 Å². The lowest BCUT2D eigenvalue weighted by molar-refractivity contribution is 0.625. The first-order chi connectivity index (χ1) is 11.7. The lowest BCUT2D eigenvalue weighted by Gasteiger charge is -2.08. The first-order valence-corrected chi connectivity index (χ1v) is 8.45. The van der Waals surface area contributed by atoms with Gasteiger partial charge in [-0.05, 0) is 43.3 Å². The molecule has 3 rings (SSSR count). The highest BCUT2D eigenvalue weighted by molar-refractivity contribution is 7.99. The Morgan fingerprint density at radius 2 is 2.00 bits per heavy atom. The quantitative estimate of drug-likeness (QED) is 0.709. The Morgan fingerprint density at radius 1 is 1.12 bits per heavy atom. The van der Waals surface area contributed by atoms with Crippen LogP contribution in [0, 0.1) is 18.3 Å². The van der Waals surface area contributed by atoms with E-state index in [1.807, 2.05) is 18.2 Å². The fraction of sp³-hybridized carbons (Fsp3) is 0.235. The fourth-order valence-corrected chi connectivity index (χ4v) is 3.09. The minimum atomic E-state index is 0.301. The van der Waals surface area contributed by atoms with Crippen molar-refractivity contribution in [2.75, 3.05) is 0 Å². The molecule has 0 aliphatic heterocycles. The van der Waals surface area contributed by atoms with Crippen LogP contribution in [0.1, 0.15) is 24.6 Å². The summed E-state index contributed by atoms with van der Waals surface area (Å²) >= 11 is 1.40. The number of nitriles is 1. The zero-order valence-corrected chi connectivity index (χ0v) is 14.3. The number of nitrogens with zero attached hydrogens (tertiary/aromatic N) is 6. The molecule has 0 amide bonds. The van der Waals surface area contributed by atoms with Gasteiger partial charge >= 0.3 is 0 Å². The maximum Gasteiger partial charge on any atom is 0.197 e. The molecule has 7 heteroatoms. The second-order valence-electron chi connectivity index (χ2n) is 5.30. The minimum Gasteiger partial charge on any atom is -0.302 e. The third-order valence-electron chi connectivity index (χ3n) is 3.39. The number of benzene rings is 1. The summed E-state index contributed by atoms with van der Waals surface area (Å²) in [5.41, 5.74) is 2.54. The van der Waals surface area contributed by atoms with Gasteiger partial charge in [-0.15, -0.1) is 20.4 Å². The molecule has 0 atom stereocenters. The van der Waals surface area contributed by atoms with Gasteiger partial charge < -0.3 is 4.57 Å². The van der Waals surface area contributed by atoms with Crippen LogP contribution in [-0.2, 0) is 6.54 Å². The molecular formula is C17H16N6S. The van der Waals surface area contributed by atoms with Crippen molar-refractivity contribution in [3.63, 3.8) is 0 Å². The van der Waals surface area contributed by atoms with Crippen LogP contribution >= 0.6 is 11.8 Å². The SMILES string of the molecule is CCCn1c(Sc2ccc(C#N)nn2)nnc1-c1cccc(C)c1. The Kier molecular flexibility index (Phi) is 4.87. The first-order valence-electron chi connectivity index (χ1n) is 7.63. The van der Waals surface area contributed by atoms with Crippen LogP contribution < -0.4 is 0 Å². The van der Waals surface area contributed by atoms with E-state index in [-0.39, 0.29) is 0 Å². The van der Waals surface area contributed by atoms with Crippen LogP contribution in [0.25, 0.3) is 11.4 Å². The molecule has 0 aliphatic carbocycles. The summed E-state index contributed by atoms with van der Waals surface area (Å²) in [6, 6.07) is 13.6. The number of aromatic nitrogens is 5. The Morgan fingerprint density at radius 3 is 2.67 bits per heavy atom. The van der Waals surface area contributed by atoms with Gasteiger partial charge in [0, 0.05) is 12.1 Å². The molecule has 3 aromatic rings. The second kappa shape index (κ2) is 7.23. The van der Waals surface area contributed by atoms with Crippen LogP contribution in [-0.4, -0.2) is 25.0 Å². The van der Waals surface area contributed by atoms with Gasteiger partial charge in [0.2, 0.25) is 0 Å². The van der Waals surface area contributed by atoms with Crippen LogP contribution in [0.15, 0.2) is 46.6 Å².